The van der Waals surface area contributed by atoms with Gasteiger partial charge in [0.25, 0.3) is 0 Å². The summed E-state index contributed by atoms with van der Waals surface area (Å²) in [4.78, 5) is 11.6. The molecular weight excluding hydrogens is 331 g/mol. The number of carbonyl (C=O) groups excluding carboxylic acids is 1. The molecule has 0 saturated carbocycles. The van der Waals surface area contributed by atoms with Crippen LogP contribution in [0, 0.1) is 17.1 Å². The minimum atomic E-state index is -0.556. The highest BCUT2D eigenvalue weighted by molar-refractivity contribution is 6.30. The van der Waals surface area contributed by atoms with Gasteiger partial charge in [0.1, 0.15) is 17.3 Å². The van der Waals surface area contributed by atoms with Crippen LogP contribution in [0.2, 0.25) is 5.02 Å². The van der Waals surface area contributed by atoms with Gasteiger partial charge in [0.2, 0.25) is 5.91 Å². The Morgan fingerprint density at radius 1 is 1.12 bits per heavy atom. The second-order valence-electron chi connectivity index (χ2n) is 5.22. The van der Waals surface area contributed by atoms with Crippen molar-refractivity contribution in [3.05, 3.63) is 64.4 Å². The Morgan fingerprint density at radius 2 is 1.83 bits per heavy atom. The molecule has 3 rings (SSSR count). The molecule has 1 aliphatic rings. The fourth-order valence-electron chi connectivity index (χ4n) is 2.37. The molecule has 0 fully saturated rings. The van der Waals surface area contributed by atoms with Crippen LogP contribution in [0.4, 0.5) is 4.39 Å². The summed E-state index contributed by atoms with van der Waals surface area (Å²) in [6, 6.07) is 13.1. The lowest BCUT2D eigenvalue weighted by atomic mass is 9.99. The van der Waals surface area contributed by atoms with Crippen molar-refractivity contribution in [2.45, 2.75) is 12.8 Å². The Morgan fingerprint density at radius 3 is 2.50 bits per heavy atom. The minimum Gasteiger partial charge on any atom is -0.457 e. The molecule has 0 aliphatic carbocycles. The van der Waals surface area contributed by atoms with Crippen molar-refractivity contribution in [2.24, 2.45) is 0 Å². The summed E-state index contributed by atoms with van der Waals surface area (Å²) in [5.74, 6) is 0.162. The Labute approximate surface area is 143 Å². The van der Waals surface area contributed by atoms with E-state index in [-0.39, 0.29) is 10.9 Å². The number of hydrogen-bond donors (Lipinski definition) is 1. The fraction of sp³-hybridized carbons (Fsp3) is 0.111. The van der Waals surface area contributed by atoms with Gasteiger partial charge in [0, 0.05) is 12.5 Å². The summed E-state index contributed by atoms with van der Waals surface area (Å²) in [5, 5.41) is 11.9. The third kappa shape index (κ3) is 3.39. The molecule has 0 atom stereocenters. The average molecular weight is 343 g/mol. The molecule has 2 aromatic carbocycles. The molecule has 0 radical (unpaired) electrons. The molecular formula is C18H12ClFN2O2. The number of nitrogens with zero attached hydrogens (tertiary/aromatic N) is 1. The van der Waals surface area contributed by atoms with Crippen LogP contribution in [0.15, 0.2) is 48.0 Å². The number of ether oxygens (including phenoxy) is 1. The summed E-state index contributed by atoms with van der Waals surface area (Å²) in [6.45, 7) is 0. The predicted molar refractivity (Wildman–Crippen MR) is 87.8 cm³/mol. The zero-order valence-electron chi connectivity index (χ0n) is 12.5. The van der Waals surface area contributed by atoms with Gasteiger partial charge in [-0.05, 0) is 48.4 Å². The standard InChI is InChI=1S/C18H12ClFN2O2/c19-15-7-6-14(9-16(15)20)24-13-4-1-11(2-5-13)18-12(10-21)3-8-17(23)22-18/h1-2,4-7,9H,3,8H2,(H,22,23). The molecule has 120 valence electrons. The van der Waals surface area contributed by atoms with Crippen molar-refractivity contribution in [3.8, 4) is 17.6 Å². The van der Waals surface area contributed by atoms with Gasteiger partial charge in [-0.1, -0.05) is 11.6 Å². The Bertz CT molecular complexity index is 870. The summed E-state index contributed by atoms with van der Waals surface area (Å²) in [7, 11) is 0. The van der Waals surface area contributed by atoms with E-state index in [0.29, 0.717) is 41.2 Å². The van der Waals surface area contributed by atoms with E-state index in [2.05, 4.69) is 11.4 Å². The first-order valence-electron chi connectivity index (χ1n) is 7.23. The molecule has 1 heterocycles. The van der Waals surface area contributed by atoms with E-state index in [4.69, 9.17) is 16.3 Å². The van der Waals surface area contributed by atoms with E-state index in [1.807, 2.05) is 0 Å². The first-order valence-corrected chi connectivity index (χ1v) is 7.61. The van der Waals surface area contributed by atoms with Crippen LogP contribution >= 0.6 is 11.6 Å². The van der Waals surface area contributed by atoms with E-state index >= 15 is 0 Å². The van der Waals surface area contributed by atoms with Crippen molar-refractivity contribution in [1.82, 2.24) is 5.32 Å². The minimum absolute atomic E-state index is 0.0294. The number of amides is 1. The number of allylic oxidation sites excluding steroid dienone is 1. The van der Waals surface area contributed by atoms with Crippen molar-refractivity contribution >= 4 is 23.2 Å². The molecule has 2 aromatic rings. The third-order valence-corrected chi connectivity index (χ3v) is 3.88. The third-order valence-electron chi connectivity index (χ3n) is 3.57. The van der Waals surface area contributed by atoms with Gasteiger partial charge in [-0.15, -0.1) is 0 Å². The van der Waals surface area contributed by atoms with Gasteiger partial charge < -0.3 is 10.1 Å². The lowest BCUT2D eigenvalue weighted by Gasteiger charge is -2.17. The van der Waals surface area contributed by atoms with E-state index < -0.39 is 5.82 Å². The lowest BCUT2D eigenvalue weighted by molar-refractivity contribution is -0.120. The van der Waals surface area contributed by atoms with Gasteiger partial charge >= 0.3 is 0 Å². The maximum atomic E-state index is 13.4. The molecule has 0 aromatic heterocycles. The van der Waals surface area contributed by atoms with E-state index in [1.165, 1.54) is 12.1 Å². The van der Waals surface area contributed by atoms with Crippen molar-refractivity contribution in [2.75, 3.05) is 0 Å². The zero-order valence-corrected chi connectivity index (χ0v) is 13.2. The van der Waals surface area contributed by atoms with Crippen molar-refractivity contribution in [1.29, 1.82) is 5.26 Å². The maximum Gasteiger partial charge on any atom is 0.224 e. The van der Waals surface area contributed by atoms with Crippen LogP contribution in [0.3, 0.4) is 0 Å². The predicted octanol–water partition coefficient (Wildman–Crippen LogP) is 4.42. The number of carbonyl (C=O) groups is 1. The molecule has 6 heteroatoms. The summed E-state index contributed by atoms with van der Waals surface area (Å²) >= 11 is 5.63. The highest BCUT2D eigenvalue weighted by Crippen LogP contribution is 2.28. The molecule has 1 aliphatic heterocycles. The molecule has 0 unspecified atom stereocenters. The number of hydrogen-bond acceptors (Lipinski definition) is 3. The molecule has 0 spiro atoms. The maximum absolute atomic E-state index is 13.4. The normalized spacial score (nSPS) is 14.1. The Hall–Kier alpha value is -2.84. The molecule has 4 nitrogen and oxygen atoms in total. The van der Waals surface area contributed by atoms with Gasteiger partial charge in [-0.25, -0.2) is 4.39 Å². The highest BCUT2D eigenvalue weighted by atomic mass is 35.5. The topological polar surface area (TPSA) is 62.1 Å². The van der Waals surface area contributed by atoms with Gasteiger partial charge in [-0.2, -0.15) is 5.26 Å². The smallest absolute Gasteiger partial charge is 0.224 e. The monoisotopic (exact) mass is 342 g/mol. The van der Waals surface area contributed by atoms with E-state index in [9.17, 15) is 14.4 Å². The molecule has 24 heavy (non-hydrogen) atoms. The SMILES string of the molecule is N#CC1=C(c2ccc(Oc3ccc(Cl)c(F)c3)cc2)NC(=O)CC1. The second-order valence-corrected chi connectivity index (χ2v) is 5.62. The quantitative estimate of drug-likeness (QED) is 0.898. The van der Waals surface area contributed by atoms with Crippen LogP contribution < -0.4 is 10.1 Å². The van der Waals surface area contributed by atoms with Crippen LogP contribution in [-0.4, -0.2) is 5.91 Å². The summed E-state index contributed by atoms with van der Waals surface area (Å²) in [5.41, 5.74) is 1.79. The summed E-state index contributed by atoms with van der Waals surface area (Å²) in [6.07, 6.45) is 0.746. The number of benzene rings is 2. The van der Waals surface area contributed by atoms with Crippen LogP contribution in [-0.2, 0) is 4.79 Å². The Balaban J connectivity index is 1.83. The average Bonchev–Trinajstić information content (AvgIpc) is 2.59. The number of nitriles is 1. The van der Waals surface area contributed by atoms with Gasteiger partial charge in [0.05, 0.1) is 22.4 Å². The first kappa shape index (κ1) is 16.0. The molecule has 0 bridgehead atoms. The second kappa shape index (κ2) is 6.73. The molecule has 0 saturated heterocycles. The van der Waals surface area contributed by atoms with E-state index in [1.54, 1.807) is 30.3 Å². The van der Waals surface area contributed by atoms with Gasteiger partial charge in [-0.3, -0.25) is 4.79 Å². The van der Waals surface area contributed by atoms with Crippen molar-refractivity contribution in [3.63, 3.8) is 0 Å². The Kier molecular flexibility index (Phi) is 4.50. The number of nitrogens with one attached hydrogen (secondary N) is 1. The lowest BCUT2D eigenvalue weighted by Crippen LogP contribution is -2.26. The summed E-state index contributed by atoms with van der Waals surface area (Å²) < 4.78 is 19.0. The van der Waals surface area contributed by atoms with Crippen LogP contribution in [0.1, 0.15) is 18.4 Å². The largest absolute Gasteiger partial charge is 0.457 e. The fourth-order valence-corrected chi connectivity index (χ4v) is 2.48. The highest BCUT2D eigenvalue weighted by Gasteiger charge is 2.19. The van der Waals surface area contributed by atoms with Crippen molar-refractivity contribution < 1.29 is 13.9 Å². The number of halogens is 2. The van der Waals surface area contributed by atoms with Crippen LogP contribution in [0.25, 0.3) is 5.70 Å². The zero-order chi connectivity index (χ0) is 17.1. The molecule has 1 amide bonds. The van der Waals surface area contributed by atoms with Crippen LogP contribution in [0.5, 0.6) is 11.5 Å². The number of rotatable bonds is 3. The molecule has 1 N–H and O–H groups in total. The first-order chi connectivity index (χ1) is 11.6. The van der Waals surface area contributed by atoms with Gasteiger partial charge in [0.15, 0.2) is 0 Å². The van der Waals surface area contributed by atoms with E-state index in [0.717, 1.165) is 0 Å².